The van der Waals surface area contributed by atoms with Gasteiger partial charge >= 0.3 is 0 Å². The Morgan fingerprint density at radius 2 is 2.08 bits per heavy atom. The number of rotatable bonds is 3. The molecule has 5 rings (SSSR count). The van der Waals surface area contributed by atoms with Gasteiger partial charge in [0.1, 0.15) is 12.4 Å². The van der Waals surface area contributed by atoms with Crippen LogP contribution in [0.4, 0.5) is 0 Å². The smallest absolute Gasteiger partial charge is 0.120 e. The van der Waals surface area contributed by atoms with Crippen LogP contribution >= 0.6 is 11.3 Å². The molecule has 2 aliphatic heterocycles. The van der Waals surface area contributed by atoms with Crippen LogP contribution in [-0.2, 0) is 23.4 Å². The van der Waals surface area contributed by atoms with E-state index in [-0.39, 0.29) is 5.60 Å². The summed E-state index contributed by atoms with van der Waals surface area (Å²) in [6.07, 6.45) is 3.07. The fourth-order valence-electron chi connectivity index (χ4n) is 4.15. The number of aromatic nitrogens is 1. The molecule has 3 heterocycles. The number of hydrogen-bond donors (Lipinski definition) is 1. The summed E-state index contributed by atoms with van der Waals surface area (Å²) in [5, 5.41) is 3.44. The minimum absolute atomic E-state index is 0.0887. The average Bonchev–Trinajstić information content (AvgIpc) is 3.15. The van der Waals surface area contributed by atoms with Crippen LogP contribution in [0.5, 0.6) is 5.75 Å². The molecule has 134 valence electrons. The largest absolute Gasteiger partial charge is 0.489 e. The number of fused-ring (bicyclic) bond motifs is 3. The summed E-state index contributed by atoms with van der Waals surface area (Å²) in [5.74, 6) is 0.944. The third kappa shape index (κ3) is 2.90. The number of hydrogen-bond acceptors (Lipinski definition) is 5. The molecule has 1 fully saturated rings. The highest BCUT2D eigenvalue weighted by Gasteiger charge is 2.38. The second-order valence-corrected chi connectivity index (χ2v) is 7.99. The maximum absolute atomic E-state index is 6.25. The lowest BCUT2D eigenvalue weighted by Gasteiger charge is -2.42. The fourth-order valence-corrected chi connectivity index (χ4v) is 4.89. The minimum atomic E-state index is -0.0887. The molecular formula is C21H22N2O2S. The van der Waals surface area contributed by atoms with E-state index in [1.807, 2.05) is 5.51 Å². The zero-order chi connectivity index (χ0) is 17.4. The molecule has 4 nitrogen and oxygen atoms in total. The van der Waals surface area contributed by atoms with Gasteiger partial charge in [0.2, 0.25) is 0 Å². The van der Waals surface area contributed by atoms with Crippen molar-refractivity contribution in [1.82, 2.24) is 10.3 Å². The van der Waals surface area contributed by atoms with E-state index < -0.39 is 0 Å². The lowest BCUT2D eigenvalue weighted by molar-refractivity contribution is -0.0802. The summed E-state index contributed by atoms with van der Waals surface area (Å²) < 4.78 is 13.5. The van der Waals surface area contributed by atoms with Gasteiger partial charge in [-0.1, -0.05) is 12.1 Å². The van der Waals surface area contributed by atoms with Gasteiger partial charge in [-0.05, 0) is 73.3 Å². The van der Waals surface area contributed by atoms with Crippen molar-refractivity contribution in [2.75, 3.05) is 19.7 Å². The first-order valence-corrected chi connectivity index (χ1v) is 10.1. The molecule has 0 saturated carbocycles. The molecule has 5 heteroatoms. The first-order valence-electron chi connectivity index (χ1n) is 9.25. The van der Waals surface area contributed by atoms with E-state index in [2.05, 4.69) is 46.7 Å². The summed E-state index contributed by atoms with van der Waals surface area (Å²) in [7, 11) is 0. The van der Waals surface area contributed by atoms with Crippen LogP contribution in [-0.4, -0.2) is 24.7 Å². The third-order valence-electron chi connectivity index (χ3n) is 5.53. The SMILES string of the molecule is c1nc2ccc(COc3ccc4c(c3)CCOC43CCNCC3)cc2s1. The van der Waals surface area contributed by atoms with Crippen molar-refractivity contribution < 1.29 is 9.47 Å². The van der Waals surface area contributed by atoms with E-state index in [4.69, 9.17) is 9.47 Å². The van der Waals surface area contributed by atoms with Crippen molar-refractivity contribution in [3.8, 4) is 5.75 Å². The summed E-state index contributed by atoms with van der Waals surface area (Å²) >= 11 is 1.67. The normalized spacial score (nSPS) is 18.8. The predicted octanol–water partition coefficient (Wildman–Crippen LogP) is 4.03. The highest BCUT2D eigenvalue weighted by molar-refractivity contribution is 7.16. The molecule has 0 atom stereocenters. The van der Waals surface area contributed by atoms with Crippen LogP contribution in [0.1, 0.15) is 29.5 Å². The van der Waals surface area contributed by atoms with Gasteiger partial charge in [0.05, 0.1) is 27.9 Å². The van der Waals surface area contributed by atoms with Crippen LogP contribution in [0.2, 0.25) is 0 Å². The lowest BCUT2D eigenvalue weighted by Crippen LogP contribution is -2.44. The highest BCUT2D eigenvalue weighted by Crippen LogP contribution is 2.41. The molecule has 1 N–H and O–H groups in total. The van der Waals surface area contributed by atoms with E-state index in [0.29, 0.717) is 6.61 Å². The number of benzene rings is 2. The van der Waals surface area contributed by atoms with E-state index >= 15 is 0 Å². The zero-order valence-electron chi connectivity index (χ0n) is 14.7. The molecule has 0 bridgehead atoms. The standard InChI is InChI=1S/C21H22N2O2S/c1-4-19-20(26-14-23-19)11-15(1)13-24-17-2-3-18-16(12-17)5-10-25-21(18)6-8-22-9-7-21/h1-4,11-12,14,22H,5-10,13H2. The average molecular weight is 366 g/mol. The Bertz CT molecular complexity index is 931. The van der Waals surface area contributed by atoms with Crippen molar-refractivity contribution in [1.29, 1.82) is 0 Å². The first-order chi connectivity index (χ1) is 12.8. The van der Waals surface area contributed by atoms with Gasteiger partial charge in [-0.2, -0.15) is 0 Å². The monoisotopic (exact) mass is 366 g/mol. The van der Waals surface area contributed by atoms with Gasteiger partial charge in [0.15, 0.2) is 0 Å². The Labute approximate surface area is 157 Å². The fraction of sp³-hybridized carbons (Fsp3) is 0.381. The van der Waals surface area contributed by atoms with Gasteiger partial charge < -0.3 is 14.8 Å². The maximum atomic E-state index is 6.25. The van der Waals surface area contributed by atoms with Crippen LogP contribution in [0.3, 0.4) is 0 Å². The molecule has 26 heavy (non-hydrogen) atoms. The summed E-state index contributed by atoms with van der Waals surface area (Å²) in [5.41, 5.74) is 6.78. The molecule has 1 saturated heterocycles. The van der Waals surface area contributed by atoms with E-state index in [9.17, 15) is 0 Å². The van der Waals surface area contributed by atoms with Crippen molar-refractivity contribution in [3.05, 3.63) is 58.6 Å². The molecule has 1 aromatic heterocycles. The molecule has 0 amide bonds. The summed E-state index contributed by atoms with van der Waals surface area (Å²) in [6, 6.07) is 12.9. The predicted molar refractivity (Wildman–Crippen MR) is 104 cm³/mol. The Morgan fingerprint density at radius 1 is 1.15 bits per heavy atom. The molecule has 0 unspecified atom stereocenters. The quantitative estimate of drug-likeness (QED) is 0.760. The van der Waals surface area contributed by atoms with E-state index in [1.54, 1.807) is 11.3 Å². The van der Waals surface area contributed by atoms with Gasteiger partial charge in [-0.3, -0.25) is 0 Å². The highest BCUT2D eigenvalue weighted by atomic mass is 32.1. The maximum Gasteiger partial charge on any atom is 0.120 e. The number of thiazole rings is 1. The molecule has 0 radical (unpaired) electrons. The van der Waals surface area contributed by atoms with Gasteiger partial charge in [-0.25, -0.2) is 4.98 Å². The summed E-state index contributed by atoms with van der Waals surface area (Å²) in [6.45, 7) is 3.44. The molecule has 1 spiro atoms. The van der Waals surface area contributed by atoms with Crippen molar-refractivity contribution in [3.63, 3.8) is 0 Å². The Balaban J connectivity index is 1.35. The van der Waals surface area contributed by atoms with Crippen LogP contribution in [0.15, 0.2) is 41.9 Å². The van der Waals surface area contributed by atoms with Gasteiger partial charge in [-0.15, -0.1) is 11.3 Å². The van der Waals surface area contributed by atoms with E-state index in [1.165, 1.54) is 21.4 Å². The Hall–Kier alpha value is -1.95. The second kappa shape index (κ2) is 6.65. The summed E-state index contributed by atoms with van der Waals surface area (Å²) in [4.78, 5) is 4.33. The topological polar surface area (TPSA) is 43.4 Å². The minimum Gasteiger partial charge on any atom is -0.489 e. The lowest BCUT2D eigenvalue weighted by atomic mass is 9.80. The number of piperidine rings is 1. The van der Waals surface area contributed by atoms with E-state index in [0.717, 1.165) is 50.2 Å². The zero-order valence-corrected chi connectivity index (χ0v) is 15.5. The third-order valence-corrected chi connectivity index (χ3v) is 6.32. The van der Waals surface area contributed by atoms with Gasteiger partial charge in [0.25, 0.3) is 0 Å². The number of nitrogens with zero attached hydrogens (tertiary/aromatic N) is 1. The van der Waals surface area contributed by atoms with Crippen molar-refractivity contribution in [2.24, 2.45) is 0 Å². The number of nitrogens with one attached hydrogen (secondary N) is 1. The second-order valence-electron chi connectivity index (χ2n) is 7.10. The van der Waals surface area contributed by atoms with Crippen molar-refractivity contribution in [2.45, 2.75) is 31.5 Å². The molecule has 3 aromatic rings. The molecule has 0 aliphatic carbocycles. The van der Waals surface area contributed by atoms with Crippen molar-refractivity contribution >= 4 is 21.6 Å². The first kappa shape index (κ1) is 16.2. The Morgan fingerprint density at radius 3 is 3.00 bits per heavy atom. The molecular weight excluding hydrogens is 344 g/mol. The molecule has 2 aliphatic rings. The number of ether oxygens (including phenoxy) is 2. The van der Waals surface area contributed by atoms with Crippen LogP contribution < -0.4 is 10.1 Å². The van der Waals surface area contributed by atoms with Gasteiger partial charge in [0, 0.05) is 0 Å². The van der Waals surface area contributed by atoms with Crippen LogP contribution in [0.25, 0.3) is 10.2 Å². The Kier molecular flexibility index (Phi) is 4.15. The van der Waals surface area contributed by atoms with Crippen LogP contribution in [0, 0.1) is 0 Å². The molecule has 2 aromatic carbocycles.